The number of carbonyl (C=O) groups excluding carboxylic acids is 5. The second kappa shape index (κ2) is 19.3. The Labute approximate surface area is 314 Å². The highest BCUT2D eigenvalue weighted by atomic mass is 16.2. The second-order valence-electron chi connectivity index (χ2n) is 13.6. The predicted octanol–water partition coefficient (Wildman–Crippen LogP) is 2.68. The van der Waals surface area contributed by atoms with Crippen LogP contribution in [0, 0.1) is 0 Å². The smallest absolute Gasteiger partial charge is 0.243 e. The molecule has 0 saturated heterocycles. The summed E-state index contributed by atoms with van der Waals surface area (Å²) in [6.07, 6.45) is 5.72. The highest BCUT2D eigenvalue weighted by Crippen LogP contribution is 2.21. The highest BCUT2D eigenvalue weighted by Gasteiger charge is 2.32. The van der Waals surface area contributed by atoms with E-state index in [2.05, 4.69) is 31.2 Å². The molecule has 0 aliphatic rings. The first-order chi connectivity index (χ1) is 26.2. The number of fused-ring (bicyclic) bond motifs is 2. The van der Waals surface area contributed by atoms with Crippen LogP contribution in [0.15, 0.2) is 91.3 Å². The van der Waals surface area contributed by atoms with Gasteiger partial charge in [0.1, 0.15) is 18.1 Å². The van der Waals surface area contributed by atoms with Crippen molar-refractivity contribution >= 4 is 51.2 Å². The maximum atomic E-state index is 14.4. The molecule has 0 aliphatic heterocycles. The summed E-state index contributed by atoms with van der Waals surface area (Å²) in [6, 6.07) is 20.4. The van der Waals surface area contributed by atoms with Crippen LogP contribution in [-0.2, 0) is 43.2 Å². The number of aromatic amines is 2. The molecule has 54 heavy (non-hydrogen) atoms. The summed E-state index contributed by atoms with van der Waals surface area (Å²) in [5.74, 6) is -2.31. The summed E-state index contributed by atoms with van der Waals surface area (Å²) in [6.45, 7) is 1.99. The van der Waals surface area contributed by atoms with Crippen LogP contribution in [0.2, 0.25) is 0 Å². The Balaban J connectivity index is 1.44. The SMILES string of the molecule is CC(=O)C(CCCCN)NC(=O)C(Cc1ccccc1)NC(=O)C(Cc1c[nH]c2ccccc12)NC(=O)C(Cc1c[nH]c2ccccc12)NC(=O)CCN. The molecule has 13 nitrogen and oxygen atoms in total. The van der Waals surface area contributed by atoms with Gasteiger partial charge in [-0.2, -0.15) is 0 Å². The number of nitrogens with one attached hydrogen (secondary N) is 6. The lowest BCUT2D eigenvalue weighted by molar-refractivity contribution is -0.134. The van der Waals surface area contributed by atoms with E-state index in [1.807, 2.05) is 78.9 Å². The van der Waals surface area contributed by atoms with Gasteiger partial charge in [0, 0.05) is 66.4 Å². The summed E-state index contributed by atoms with van der Waals surface area (Å²) in [4.78, 5) is 74.3. The Hall–Kier alpha value is -5.79. The highest BCUT2D eigenvalue weighted by molar-refractivity contribution is 5.96. The van der Waals surface area contributed by atoms with Crippen molar-refractivity contribution in [2.75, 3.05) is 13.1 Å². The molecular weight excluding hydrogens is 685 g/mol. The number of para-hydroxylation sites is 2. The van der Waals surface area contributed by atoms with Gasteiger partial charge in [-0.05, 0) is 61.6 Å². The molecular formula is C41H50N8O5. The zero-order chi connectivity index (χ0) is 38.5. The molecule has 3 aromatic carbocycles. The van der Waals surface area contributed by atoms with E-state index in [4.69, 9.17) is 11.5 Å². The van der Waals surface area contributed by atoms with Crippen LogP contribution in [0.25, 0.3) is 21.8 Å². The van der Waals surface area contributed by atoms with Crippen LogP contribution in [0.5, 0.6) is 0 Å². The van der Waals surface area contributed by atoms with Crippen molar-refractivity contribution in [1.82, 2.24) is 31.2 Å². The van der Waals surface area contributed by atoms with Gasteiger partial charge in [0.15, 0.2) is 5.78 Å². The van der Waals surface area contributed by atoms with Crippen LogP contribution in [0.1, 0.15) is 49.3 Å². The standard InChI is InChI=1S/C41H50N8O5/c1-26(50)32(15-9-10-19-42)47-39(52)35(21-27-11-3-2-4-12-27)48-41(54)37(23-29-25-45-34-17-8-6-14-31(29)34)49-40(53)36(46-38(51)18-20-43)22-28-24-44-33-16-7-5-13-30(28)33/h2-8,11-14,16-17,24-25,32,35-37,44-45H,9-10,15,18-23,42-43H2,1H3,(H,46,51)(H,47,52)(H,48,54)(H,49,53). The molecule has 0 spiro atoms. The minimum absolute atomic E-state index is 0.0146. The van der Waals surface area contributed by atoms with Gasteiger partial charge in [-0.25, -0.2) is 0 Å². The lowest BCUT2D eigenvalue weighted by atomic mass is 10.00. The zero-order valence-electron chi connectivity index (χ0n) is 30.5. The van der Waals surface area contributed by atoms with Crippen LogP contribution in [0.4, 0.5) is 0 Å². The van der Waals surface area contributed by atoms with E-state index >= 15 is 0 Å². The molecule has 0 radical (unpaired) electrons. The molecule has 5 aromatic rings. The Bertz CT molecular complexity index is 2040. The maximum absolute atomic E-state index is 14.4. The van der Waals surface area contributed by atoms with E-state index in [-0.39, 0.29) is 38.0 Å². The molecule has 284 valence electrons. The topological polar surface area (TPSA) is 217 Å². The number of hydrogen-bond donors (Lipinski definition) is 8. The number of Topliss-reactive ketones (excluding diaryl/α,β-unsaturated/α-hetero) is 1. The number of H-pyrrole nitrogens is 2. The number of rotatable bonds is 20. The van der Waals surface area contributed by atoms with Gasteiger partial charge >= 0.3 is 0 Å². The third-order valence-electron chi connectivity index (χ3n) is 9.52. The molecule has 0 bridgehead atoms. The molecule has 4 atom stereocenters. The monoisotopic (exact) mass is 734 g/mol. The van der Waals surface area contributed by atoms with Crippen molar-refractivity contribution < 1.29 is 24.0 Å². The first-order valence-electron chi connectivity index (χ1n) is 18.4. The Kier molecular flexibility index (Phi) is 14.1. The Morgan fingerprint density at radius 1 is 0.574 bits per heavy atom. The molecule has 0 aliphatic carbocycles. The number of nitrogens with two attached hydrogens (primary N) is 2. The van der Waals surface area contributed by atoms with Crippen molar-refractivity contribution in [3.05, 3.63) is 108 Å². The minimum atomic E-state index is -1.16. The van der Waals surface area contributed by atoms with Gasteiger partial charge in [-0.15, -0.1) is 0 Å². The van der Waals surface area contributed by atoms with Gasteiger partial charge in [-0.1, -0.05) is 66.7 Å². The number of unbranched alkanes of at least 4 members (excludes halogenated alkanes) is 1. The van der Waals surface area contributed by atoms with Crippen molar-refractivity contribution in [1.29, 1.82) is 0 Å². The number of ketones is 1. The van der Waals surface area contributed by atoms with Crippen molar-refractivity contribution in [3.63, 3.8) is 0 Å². The molecule has 5 rings (SSSR count). The number of amides is 4. The number of aromatic nitrogens is 2. The van der Waals surface area contributed by atoms with Crippen LogP contribution in [-0.4, -0.2) is 76.6 Å². The first kappa shape index (κ1) is 39.4. The molecule has 0 saturated carbocycles. The molecule has 2 aromatic heterocycles. The maximum Gasteiger partial charge on any atom is 0.243 e. The lowest BCUT2D eigenvalue weighted by Crippen LogP contribution is -2.59. The minimum Gasteiger partial charge on any atom is -0.361 e. The van der Waals surface area contributed by atoms with Gasteiger partial charge in [0.25, 0.3) is 0 Å². The summed E-state index contributed by atoms with van der Waals surface area (Å²) >= 11 is 0. The predicted molar refractivity (Wildman–Crippen MR) is 209 cm³/mol. The number of benzene rings is 3. The molecule has 10 N–H and O–H groups in total. The second-order valence-corrected chi connectivity index (χ2v) is 13.6. The van der Waals surface area contributed by atoms with E-state index in [1.165, 1.54) is 6.92 Å². The van der Waals surface area contributed by atoms with E-state index in [9.17, 15) is 24.0 Å². The summed E-state index contributed by atoms with van der Waals surface area (Å²) in [5, 5.41) is 13.2. The molecule has 0 fully saturated rings. The number of hydrogen-bond acceptors (Lipinski definition) is 7. The summed E-state index contributed by atoms with van der Waals surface area (Å²) in [7, 11) is 0. The fourth-order valence-electron chi connectivity index (χ4n) is 6.60. The summed E-state index contributed by atoms with van der Waals surface area (Å²) in [5.41, 5.74) is 15.4. The first-order valence-corrected chi connectivity index (χ1v) is 18.4. The number of carbonyl (C=O) groups is 5. The van der Waals surface area contributed by atoms with E-state index in [1.54, 1.807) is 12.4 Å². The Morgan fingerprint density at radius 2 is 1.06 bits per heavy atom. The third-order valence-corrected chi connectivity index (χ3v) is 9.52. The normalized spacial score (nSPS) is 13.5. The van der Waals surface area contributed by atoms with E-state index in [0.29, 0.717) is 25.8 Å². The van der Waals surface area contributed by atoms with E-state index < -0.39 is 47.8 Å². The van der Waals surface area contributed by atoms with E-state index in [0.717, 1.165) is 38.5 Å². The molecule has 13 heteroatoms. The van der Waals surface area contributed by atoms with Gasteiger partial charge in [0.05, 0.1) is 6.04 Å². The van der Waals surface area contributed by atoms with Gasteiger partial charge in [-0.3, -0.25) is 24.0 Å². The van der Waals surface area contributed by atoms with Crippen LogP contribution >= 0.6 is 0 Å². The van der Waals surface area contributed by atoms with Gasteiger partial charge < -0.3 is 42.7 Å². The quantitative estimate of drug-likeness (QED) is 0.0559. The fraction of sp³-hybridized carbons (Fsp3) is 0.341. The van der Waals surface area contributed by atoms with Crippen molar-refractivity contribution in [3.8, 4) is 0 Å². The lowest BCUT2D eigenvalue weighted by Gasteiger charge is -2.26. The fourth-order valence-corrected chi connectivity index (χ4v) is 6.60. The van der Waals surface area contributed by atoms with Crippen molar-refractivity contribution in [2.45, 2.75) is 76.0 Å². The molecule has 4 unspecified atom stereocenters. The average molecular weight is 735 g/mol. The largest absolute Gasteiger partial charge is 0.361 e. The Morgan fingerprint density at radius 3 is 1.57 bits per heavy atom. The zero-order valence-corrected chi connectivity index (χ0v) is 30.5. The average Bonchev–Trinajstić information content (AvgIpc) is 3.77. The van der Waals surface area contributed by atoms with Crippen molar-refractivity contribution in [2.24, 2.45) is 11.5 Å². The van der Waals surface area contributed by atoms with Crippen LogP contribution < -0.4 is 32.7 Å². The van der Waals surface area contributed by atoms with Crippen LogP contribution in [0.3, 0.4) is 0 Å². The van der Waals surface area contributed by atoms with Gasteiger partial charge in [0.2, 0.25) is 23.6 Å². The summed E-state index contributed by atoms with van der Waals surface area (Å²) < 4.78 is 0. The third kappa shape index (κ3) is 10.6. The molecule has 2 heterocycles. The molecule has 4 amide bonds.